The van der Waals surface area contributed by atoms with Gasteiger partial charge in [-0.25, -0.2) is 4.98 Å². The molecule has 1 aromatic heterocycles. The van der Waals surface area contributed by atoms with E-state index in [0.29, 0.717) is 5.82 Å². The number of anilines is 1. The van der Waals surface area contributed by atoms with E-state index in [1.807, 2.05) is 25.2 Å². The van der Waals surface area contributed by atoms with Crippen LogP contribution < -0.4 is 11.1 Å². The molecule has 0 saturated heterocycles. The predicted molar refractivity (Wildman–Crippen MR) is 63.6 cm³/mol. The van der Waals surface area contributed by atoms with Crippen LogP contribution in [0.5, 0.6) is 0 Å². The van der Waals surface area contributed by atoms with Crippen LogP contribution in [0.2, 0.25) is 0 Å². The summed E-state index contributed by atoms with van der Waals surface area (Å²) in [5.74, 6) is 0.602. The SMILES string of the molecule is CNC(C)c1cc2ccccc2c(N)n1. The highest BCUT2D eigenvalue weighted by Gasteiger charge is 2.07. The second-order valence-electron chi connectivity index (χ2n) is 3.66. The van der Waals surface area contributed by atoms with Gasteiger partial charge in [0.15, 0.2) is 0 Å². The number of nitrogen functional groups attached to an aromatic ring is 1. The Morgan fingerprint density at radius 3 is 2.80 bits per heavy atom. The summed E-state index contributed by atoms with van der Waals surface area (Å²) in [5.41, 5.74) is 6.89. The maximum atomic E-state index is 5.91. The van der Waals surface area contributed by atoms with Gasteiger partial charge in [0.2, 0.25) is 0 Å². The number of pyridine rings is 1. The summed E-state index contributed by atoms with van der Waals surface area (Å²) in [6, 6.07) is 10.3. The minimum Gasteiger partial charge on any atom is -0.383 e. The predicted octanol–water partition coefficient (Wildman–Crippen LogP) is 2.10. The van der Waals surface area contributed by atoms with Crippen LogP contribution in [0.25, 0.3) is 10.8 Å². The van der Waals surface area contributed by atoms with Gasteiger partial charge in [0.25, 0.3) is 0 Å². The van der Waals surface area contributed by atoms with E-state index >= 15 is 0 Å². The van der Waals surface area contributed by atoms with E-state index in [1.165, 1.54) is 0 Å². The fourth-order valence-corrected chi connectivity index (χ4v) is 1.62. The molecule has 1 heterocycles. The molecule has 78 valence electrons. The number of nitrogens with two attached hydrogens (primary N) is 1. The Bertz CT molecular complexity index is 479. The molecule has 0 radical (unpaired) electrons. The third-order valence-electron chi connectivity index (χ3n) is 2.67. The summed E-state index contributed by atoms with van der Waals surface area (Å²) in [4.78, 5) is 4.39. The van der Waals surface area contributed by atoms with E-state index < -0.39 is 0 Å². The number of fused-ring (bicyclic) bond motifs is 1. The minimum absolute atomic E-state index is 0.219. The van der Waals surface area contributed by atoms with Gasteiger partial charge in [-0.1, -0.05) is 24.3 Å². The second kappa shape index (κ2) is 3.87. The van der Waals surface area contributed by atoms with Crippen molar-refractivity contribution in [3.05, 3.63) is 36.0 Å². The molecule has 0 aliphatic carbocycles. The molecule has 0 saturated carbocycles. The summed E-state index contributed by atoms with van der Waals surface area (Å²) in [7, 11) is 1.91. The average molecular weight is 201 g/mol. The van der Waals surface area contributed by atoms with E-state index in [4.69, 9.17) is 5.73 Å². The van der Waals surface area contributed by atoms with Crippen LogP contribution in [0.1, 0.15) is 18.7 Å². The lowest BCUT2D eigenvalue weighted by Gasteiger charge is -2.11. The van der Waals surface area contributed by atoms with Gasteiger partial charge in [-0.3, -0.25) is 0 Å². The first-order valence-electron chi connectivity index (χ1n) is 5.05. The lowest BCUT2D eigenvalue weighted by atomic mass is 10.1. The van der Waals surface area contributed by atoms with Gasteiger partial charge in [-0.05, 0) is 25.4 Å². The molecular weight excluding hydrogens is 186 g/mol. The molecule has 3 heteroatoms. The Hall–Kier alpha value is -1.61. The molecule has 0 aliphatic rings. The van der Waals surface area contributed by atoms with Gasteiger partial charge in [-0.15, -0.1) is 0 Å². The number of benzene rings is 1. The van der Waals surface area contributed by atoms with Crippen LogP contribution >= 0.6 is 0 Å². The Morgan fingerprint density at radius 1 is 1.33 bits per heavy atom. The fourth-order valence-electron chi connectivity index (χ4n) is 1.62. The molecule has 2 rings (SSSR count). The van der Waals surface area contributed by atoms with Crippen LogP contribution in [0.15, 0.2) is 30.3 Å². The molecule has 15 heavy (non-hydrogen) atoms. The zero-order valence-corrected chi connectivity index (χ0v) is 8.99. The standard InChI is InChI=1S/C12H15N3/c1-8(14-2)11-7-9-5-3-4-6-10(9)12(13)15-11/h3-8,14H,1-2H3,(H2,13,15). The van der Waals surface area contributed by atoms with Crippen molar-refractivity contribution in [2.75, 3.05) is 12.8 Å². The number of aromatic nitrogens is 1. The highest BCUT2D eigenvalue weighted by Crippen LogP contribution is 2.22. The smallest absolute Gasteiger partial charge is 0.131 e. The third-order valence-corrected chi connectivity index (χ3v) is 2.67. The van der Waals surface area contributed by atoms with Gasteiger partial charge in [0.05, 0.1) is 5.69 Å². The Balaban J connectivity index is 2.62. The Kier molecular flexibility index (Phi) is 2.56. The second-order valence-corrected chi connectivity index (χ2v) is 3.66. The third kappa shape index (κ3) is 1.78. The van der Waals surface area contributed by atoms with Crippen molar-refractivity contribution >= 4 is 16.6 Å². The topological polar surface area (TPSA) is 50.9 Å². The normalized spacial score (nSPS) is 12.9. The minimum atomic E-state index is 0.219. The lowest BCUT2D eigenvalue weighted by molar-refractivity contribution is 0.635. The number of hydrogen-bond donors (Lipinski definition) is 2. The zero-order valence-electron chi connectivity index (χ0n) is 8.99. The summed E-state index contributed by atoms with van der Waals surface area (Å²) >= 11 is 0. The van der Waals surface area contributed by atoms with Crippen molar-refractivity contribution in [1.29, 1.82) is 0 Å². The molecule has 2 aromatic rings. The van der Waals surface area contributed by atoms with E-state index in [2.05, 4.69) is 29.4 Å². The highest BCUT2D eigenvalue weighted by atomic mass is 14.9. The fraction of sp³-hybridized carbons (Fsp3) is 0.250. The summed E-state index contributed by atoms with van der Waals surface area (Å²) < 4.78 is 0. The van der Waals surface area contributed by atoms with E-state index in [0.717, 1.165) is 16.5 Å². The summed E-state index contributed by atoms with van der Waals surface area (Å²) in [6.45, 7) is 2.07. The molecule has 0 amide bonds. The number of hydrogen-bond acceptors (Lipinski definition) is 3. The quantitative estimate of drug-likeness (QED) is 0.782. The van der Waals surface area contributed by atoms with E-state index in [9.17, 15) is 0 Å². The zero-order chi connectivity index (χ0) is 10.8. The van der Waals surface area contributed by atoms with Crippen LogP contribution in [0.4, 0.5) is 5.82 Å². The van der Waals surface area contributed by atoms with Crippen LogP contribution in [0.3, 0.4) is 0 Å². The molecule has 1 atom stereocenters. The van der Waals surface area contributed by atoms with Gasteiger partial charge in [-0.2, -0.15) is 0 Å². The first kappa shape index (κ1) is 9.93. The molecular formula is C12H15N3. The first-order chi connectivity index (χ1) is 7.22. The maximum Gasteiger partial charge on any atom is 0.131 e. The molecule has 3 nitrogen and oxygen atoms in total. The van der Waals surface area contributed by atoms with Gasteiger partial charge in [0.1, 0.15) is 5.82 Å². The van der Waals surface area contributed by atoms with Crippen molar-refractivity contribution in [2.45, 2.75) is 13.0 Å². The lowest BCUT2D eigenvalue weighted by Crippen LogP contribution is -2.14. The molecule has 0 spiro atoms. The molecule has 0 fully saturated rings. The van der Waals surface area contributed by atoms with Gasteiger partial charge >= 0.3 is 0 Å². The average Bonchev–Trinajstić information content (AvgIpc) is 2.28. The molecule has 1 aromatic carbocycles. The number of nitrogens with one attached hydrogen (secondary N) is 1. The van der Waals surface area contributed by atoms with Crippen molar-refractivity contribution in [1.82, 2.24) is 10.3 Å². The van der Waals surface area contributed by atoms with Crippen molar-refractivity contribution in [2.24, 2.45) is 0 Å². The van der Waals surface area contributed by atoms with E-state index in [1.54, 1.807) is 0 Å². The number of rotatable bonds is 2. The Labute approximate surface area is 89.3 Å². The summed E-state index contributed by atoms with van der Waals surface area (Å²) in [5, 5.41) is 5.31. The highest BCUT2D eigenvalue weighted by molar-refractivity contribution is 5.91. The van der Waals surface area contributed by atoms with Gasteiger partial charge < -0.3 is 11.1 Å². The van der Waals surface area contributed by atoms with Crippen molar-refractivity contribution < 1.29 is 0 Å². The van der Waals surface area contributed by atoms with Crippen LogP contribution in [-0.4, -0.2) is 12.0 Å². The van der Waals surface area contributed by atoms with E-state index in [-0.39, 0.29) is 6.04 Å². The van der Waals surface area contributed by atoms with Crippen LogP contribution in [-0.2, 0) is 0 Å². The Morgan fingerprint density at radius 2 is 2.07 bits per heavy atom. The van der Waals surface area contributed by atoms with Crippen molar-refractivity contribution in [3.8, 4) is 0 Å². The largest absolute Gasteiger partial charge is 0.383 e. The van der Waals surface area contributed by atoms with Gasteiger partial charge in [0, 0.05) is 11.4 Å². The monoisotopic (exact) mass is 201 g/mol. The number of nitrogens with zero attached hydrogens (tertiary/aromatic N) is 1. The maximum absolute atomic E-state index is 5.91. The molecule has 3 N–H and O–H groups in total. The first-order valence-corrected chi connectivity index (χ1v) is 5.05. The molecule has 0 bridgehead atoms. The summed E-state index contributed by atoms with van der Waals surface area (Å²) in [6.07, 6.45) is 0. The van der Waals surface area contributed by atoms with Crippen molar-refractivity contribution in [3.63, 3.8) is 0 Å². The van der Waals surface area contributed by atoms with Crippen LogP contribution in [0, 0.1) is 0 Å². The molecule has 1 unspecified atom stereocenters. The molecule has 0 aliphatic heterocycles.